The standard InChI is InChI=1S/C66H88N10O16/c1-5-77-21-25-81-29-33-85-41-49(42-86-34-30-82-26-22-78-6-2)91-47-11-15-53-57(39-47)66-74-61(53)72-64-55-37-45(89-19-17-67)9-13-51(55)59(70-64)69-63-56-38-46(90-20-18-68)10-14-52(56)60(71-63)73-65-58-40-48(12-16-54(58)62(75-65)76-66)92-50(43-87-35-31-83-27-23-79-7-3)44-88-36-32-84-28-24-80-8-4/h9-16,37-40,49-50H,5-8,17-36,41-44,67-68H2,1-4H3,(H2,69,70,71,72,73,74,75,76). The maximum Gasteiger partial charge on any atom is 0.164 e. The number of ether oxygens (including phenoxy) is 16. The first-order chi connectivity index (χ1) is 45.4. The number of hydrogen-bond donors (Lipinski definition) is 4. The average molecular weight is 1280 g/mol. The van der Waals surface area contributed by atoms with Gasteiger partial charge in [0.25, 0.3) is 0 Å². The van der Waals surface area contributed by atoms with Crippen LogP contribution in [0.2, 0.25) is 0 Å². The van der Waals surface area contributed by atoms with Gasteiger partial charge in [-0.15, -0.1) is 0 Å². The fourth-order valence-corrected chi connectivity index (χ4v) is 9.80. The lowest BCUT2D eigenvalue weighted by molar-refractivity contribution is -0.0384. The van der Waals surface area contributed by atoms with Crippen LogP contribution in [0, 0.1) is 0 Å². The van der Waals surface area contributed by atoms with E-state index < -0.39 is 12.2 Å². The number of nitrogens with zero attached hydrogens (tertiary/aromatic N) is 6. The summed E-state index contributed by atoms with van der Waals surface area (Å²) in [5.41, 5.74) is 16.3. The largest absolute Gasteiger partial charge is 0.492 e. The highest BCUT2D eigenvalue weighted by Crippen LogP contribution is 2.40. The predicted octanol–water partition coefficient (Wildman–Crippen LogP) is 7.32. The van der Waals surface area contributed by atoms with Gasteiger partial charge in [-0.2, -0.15) is 0 Å². The Morgan fingerprint density at radius 3 is 0.989 bits per heavy atom. The van der Waals surface area contributed by atoms with Gasteiger partial charge in [-0.1, -0.05) is 0 Å². The molecule has 0 saturated heterocycles. The molecule has 0 fully saturated rings. The van der Waals surface area contributed by atoms with Gasteiger partial charge in [0, 0.05) is 83.3 Å². The minimum Gasteiger partial charge on any atom is -0.492 e. The molecule has 498 valence electrons. The van der Waals surface area contributed by atoms with Gasteiger partial charge in [0.05, 0.1) is 132 Å². The molecule has 0 saturated carbocycles. The van der Waals surface area contributed by atoms with Crippen LogP contribution in [0.3, 0.4) is 0 Å². The number of fused-ring (bicyclic) bond motifs is 20. The van der Waals surface area contributed by atoms with Crippen molar-refractivity contribution in [2.45, 2.75) is 39.9 Å². The van der Waals surface area contributed by atoms with Gasteiger partial charge in [0.2, 0.25) is 0 Å². The molecule has 0 unspecified atom stereocenters. The van der Waals surface area contributed by atoms with E-state index in [0.717, 1.165) is 10.8 Å². The smallest absolute Gasteiger partial charge is 0.164 e. The van der Waals surface area contributed by atoms with Crippen molar-refractivity contribution in [3.05, 3.63) is 72.8 Å². The second-order valence-electron chi connectivity index (χ2n) is 20.7. The zero-order valence-corrected chi connectivity index (χ0v) is 53.3. The monoisotopic (exact) mass is 1280 g/mol. The lowest BCUT2D eigenvalue weighted by Gasteiger charge is -2.20. The van der Waals surface area contributed by atoms with Crippen LogP contribution >= 0.6 is 0 Å². The van der Waals surface area contributed by atoms with Crippen LogP contribution in [-0.4, -0.2) is 237 Å². The Kier molecular flexibility index (Phi) is 28.7. The highest BCUT2D eigenvalue weighted by atomic mass is 16.6. The Balaban J connectivity index is 1.13. The average Bonchev–Trinajstić information content (AvgIpc) is 1.62. The van der Waals surface area contributed by atoms with E-state index in [9.17, 15) is 0 Å². The highest BCUT2D eigenvalue weighted by Gasteiger charge is 2.25. The van der Waals surface area contributed by atoms with Crippen molar-refractivity contribution >= 4 is 44.1 Å². The molecule has 9 rings (SSSR count). The van der Waals surface area contributed by atoms with Gasteiger partial charge in [0.1, 0.15) is 71.0 Å². The van der Waals surface area contributed by atoms with Crippen molar-refractivity contribution in [2.75, 3.05) is 185 Å². The topological polar surface area (TPSA) is 309 Å². The first-order valence-corrected chi connectivity index (χ1v) is 31.7. The maximum atomic E-state index is 6.73. The summed E-state index contributed by atoms with van der Waals surface area (Å²) in [7, 11) is 0. The number of nitrogens with two attached hydrogens (primary N) is 2. The molecule has 0 radical (unpaired) electrons. The molecule has 8 bridgehead atoms. The van der Waals surface area contributed by atoms with Crippen molar-refractivity contribution in [1.82, 2.24) is 39.9 Å². The summed E-state index contributed by atoms with van der Waals surface area (Å²) in [5, 5.41) is 2.85. The number of hydrogen-bond acceptors (Lipinski definition) is 24. The van der Waals surface area contributed by atoms with Gasteiger partial charge in [-0.3, -0.25) is 0 Å². The molecule has 92 heavy (non-hydrogen) atoms. The van der Waals surface area contributed by atoms with Crippen molar-refractivity contribution in [3.8, 4) is 68.5 Å². The lowest BCUT2D eigenvalue weighted by Crippen LogP contribution is -2.30. The molecule has 5 heterocycles. The van der Waals surface area contributed by atoms with E-state index in [4.69, 9.17) is 117 Å². The Bertz CT molecular complexity index is 3500. The molecule has 6 N–H and O–H groups in total. The van der Waals surface area contributed by atoms with Crippen molar-refractivity contribution in [2.24, 2.45) is 11.5 Å². The van der Waals surface area contributed by atoms with Crippen molar-refractivity contribution in [3.63, 3.8) is 0 Å². The molecule has 4 aromatic carbocycles. The van der Waals surface area contributed by atoms with Crippen LogP contribution in [0.15, 0.2) is 72.8 Å². The molecule has 0 spiro atoms. The van der Waals surface area contributed by atoms with Crippen LogP contribution < -0.4 is 30.4 Å². The number of H-pyrrole nitrogens is 2. The van der Waals surface area contributed by atoms with Crippen molar-refractivity contribution < 1.29 is 75.8 Å². The summed E-state index contributed by atoms with van der Waals surface area (Å²) < 4.78 is 94.5. The van der Waals surface area contributed by atoms with E-state index in [1.54, 1.807) is 0 Å². The lowest BCUT2D eigenvalue weighted by atomic mass is 10.1. The third-order valence-corrected chi connectivity index (χ3v) is 14.1. The molecule has 26 heteroatoms. The minimum absolute atomic E-state index is 0.208. The highest BCUT2D eigenvalue weighted by molar-refractivity contribution is 6.07. The normalized spacial score (nSPS) is 12.0. The van der Waals surface area contributed by atoms with E-state index in [1.807, 2.05) is 100 Å². The van der Waals surface area contributed by atoms with E-state index >= 15 is 0 Å². The van der Waals surface area contributed by atoms with Crippen LogP contribution in [-0.2, 0) is 56.8 Å². The second-order valence-corrected chi connectivity index (χ2v) is 20.7. The SMILES string of the molecule is CCOCCOCCOCC(COCCOCCOCC)Oc1ccc2c(c1)-c1nc-2nc2[nH]c(nc3nc(nc4[nH]c(n1)c1ccc(OC(COCCOCCOCC)COCCOCCOCC)cc41)-c1ccc(OCCN)cc1-3)c1ccc(OCCN)cc21. The summed E-state index contributed by atoms with van der Waals surface area (Å²) in [4.78, 5) is 38.6. The Morgan fingerprint density at radius 2 is 0.598 bits per heavy atom. The minimum atomic E-state index is -0.531. The quantitative estimate of drug-likeness (QED) is 0.0272. The molecular formula is C66H88N10O16. The van der Waals surface area contributed by atoms with Crippen LogP contribution in [0.1, 0.15) is 27.7 Å². The summed E-state index contributed by atoms with van der Waals surface area (Å²) >= 11 is 0. The molecule has 2 aliphatic heterocycles. The van der Waals surface area contributed by atoms with E-state index in [1.165, 1.54) is 0 Å². The maximum absolute atomic E-state index is 6.73. The molecular weight excluding hydrogens is 1190 g/mol. The fourth-order valence-electron chi connectivity index (χ4n) is 9.80. The molecule has 0 aliphatic carbocycles. The van der Waals surface area contributed by atoms with Crippen LogP contribution in [0.5, 0.6) is 23.0 Å². The summed E-state index contributed by atoms with van der Waals surface area (Å²) in [5.74, 6) is 3.72. The van der Waals surface area contributed by atoms with Gasteiger partial charge < -0.3 is 97.2 Å². The number of aromatic amines is 2. The molecule has 26 nitrogen and oxygen atoms in total. The molecule has 0 amide bonds. The van der Waals surface area contributed by atoms with Gasteiger partial charge >= 0.3 is 0 Å². The van der Waals surface area contributed by atoms with Gasteiger partial charge in [-0.25, -0.2) is 29.9 Å². The molecule has 2 aliphatic rings. The second kappa shape index (κ2) is 38.2. The van der Waals surface area contributed by atoms with Crippen molar-refractivity contribution in [1.29, 1.82) is 0 Å². The summed E-state index contributed by atoms with van der Waals surface area (Å²) in [6.45, 7) is 19.2. The Labute approximate surface area is 535 Å². The zero-order chi connectivity index (χ0) is 64.0. The first kappa shape index (κ1) is 69.2. The van der Waals surface area contributed by atoms with E-state index in [-0.39, 0.29) is 26.4 Å². The summed E-state index contributed by atoms with van der Waals surface area (Å²) in [6.07, 6.45) is -1.06. The van der Waals surface area contributed by atoms with Crippen LogP contribution in [0.25, 0.3) is 89.7 Å². The molecule has 3 aromatic heterocycles. The molecule has 7 aromatic rings. The van der Waals surface area contributed by atoms with Crippen LogP contribution in [0.4, 0.5) is 0 Å². The first-order valence-electron chi connectivity index (χ1n) is 31.7. The number of nitrogens with one attached hydrogen (secondary N) is 2. The fraction of sp³-hybridized carbons (Fsp3) is 0.515. The predicted molar refractivity (Wildman–Crippen MR) is 347 cm³/mol. The Hall–Kier alpha value is -7.12. The number of aromatic nitrogens is 8. The third-order valence-electron chi connectivity index (χ3n) is 14.1. The number of rotatable bonds is 46. The molecule has 0 atom stereocenters. The van der Waals surface area contributed by atoms with E-state index in [2.05, 4.69) is 9.97 Å². The Morgan fingerprint density at radius 1 is 0.304 bits per heavy atom. The zero-order valence-electron chi connectivity index (χ0n) is 53.3. The van der Waals surface area contributed by atoms with E-state index in [0.29, 0.717) is 260 Å². The summed E-state index contributed by atoms with van der Waals surface area (Å²) in [6, 6.07) is 22.8. The third kappa shape index (κ3) is 20.4. The van der Waals surface area contributed by atoms with Gasteiger partial charge in [0.15, 0.2) is 23.3 Å². The number of benzene rings is 4. The van der Waals surface area contributed by atoms with Gasteiger partial charge in [-0.05, 0) is 100 Å².